The number of anilines is 1. The number of amides is 3. The fraction of sp³-hybridized carbons (Fsp3) is 0.303. The number of hydrogen-bond acceptors (Lipinski definition) is 6. The summed E-state index contributed by atoms with van der Waals surface area (Å²) in [5.41, 5.74) is 4.55. The van der Waals surface area contributed by atoms with E-state index in [0.717, 1.165) is 29.7 Å². The molecule has 9 heteroatoms. The molecule has 42 heavy (non-hydrogen) atoms. The van der Waals surface area contributed by atoms with Crippen LogP contribution in [0.1, 0.15) is 49.8 Å². The van der Waals surface area contributed by atoms with Crippen LogP contribution in [0.4, 0.5) is 11.4 Å². The van der Waals surface area contributed by atoms with E-state index >= 15 is 0 Å². The second kappa shape index (κ2) is 13.6. The van der Waals surface area contributed by atoms with E-state index in [-0.39, 0.29) is 24.1 Å². The smallest absolute Gasteiger partial charge is 0.259 e. The molecule has 2 heterocycles. The van der Waals surface area contributed by atoms with Gasteiger partial charge in [0.05, 0.1) is 10.9 Å². The molecule has 216 valence electrons. The van der Waals surface area contributed by atoms with Gasteiger partial charge in [0.2, 0.25) is 11.8 Å². The highest BCUT2D eigenvalue weighted by Crippen LogP contribution is 2.36. The summed E-state index contributed by atoms with van der Waals surface area (Å²) in [6.45, 7) is 4.56. The van der Waals surface area contributed by atoms with Crippen molar-refractivity contribution in [2.45, 2.75) is 57.2 Å². The molecule has 0 aromatic heterocycles. The lowest BCUT2D eigenvalue weighted by atomic mass is 10.1. The summed E-state index contributed by atoms with van der Waals surface area (Å²) in [6.07, 6.45) is 2.70. The highest BCUT2D eigenvalue weighted by molar-refractivity contribution is 8.15. The average Bonchev–Trinajstić information content (AvgIpc) is 3.36. The van der Waals surface area contributed by atoms with Crippen LogP contribution >= 0.6 is 11.8 Å². The van der Waals surface area contributed by atoms with E-state index in [4.69, 9.17) is 9.98 Å². The van der Waals surface area contributed by atoms with Crippen molar-refractivity contribution in [3.63, 3.8) is 0 Å². The highest BCUT2D eigenvalue weighted by atomic mass is 32.2. The van der Waals surface area contributed by atoms with Gasteiger partial charge in [0.1, 0.15) is 11.9 Å². The molecule has 2 unspecified atom stereocenters. The van der Waals surface area contributed by atoms with Gasteiger partial charge in [0.25, 0.3) is 5.91 Å². The van der Waals surface area contributed by atoms with Gasteiger partial charge in [0.15, 0.2) is 5.17 Å². The zero-order valence-corrected chi connectivity index (χ0v) is 24.7. The lowest BCUT2D eigenvalue weighted by Gasteiger charge is -2.27. The molecule has 2 aliphatic rings. The van der Waals surface area contributed by atoms with Gasteiger partial charge in [-0.2, -0.15) is 0 Å². The number of aliphatic imine (C=N–C) groups is 2. The molecule has 0 saturated heterocycles. The fourth-order valence-electron chi connectivity index (χ4n) is 4.91. The number of hydrogen-bond donors (Lipinski definition) is 2. The second-order valence-corrected chi connectivity index (χ2v) is 11.4. The Morgan fingerprint density at radius 2 is 1.69 bits per heavy atom. The van der Waals surface area contributed by atoms with Crippen molar-refractivity contribution in [1.82, 2.24) is 10.2 Å². The van der Waals surface area contributed by atoms with E-state index in [9.17, 15) is 14.4 Å². The van der Waals surface area contributed by atoms with Gasteiger partial charge in [-0.25, -0.2) is 9.89 Å². The number of aryl methyl sites for hydroxylation is 1. The van der Waals surface area contributed by atoms with Gasteiger partial charge in [-0.05, 0) is 61.1 Å². The van der Waals surface area contributed by atoms with E-state index < -0.39 is 11.3 Å². The zero-order valence-electron chi connectivity index (χ0n) is 23.9. The summed E-state index contributed by atoms with van der Waals surface area (Å²) in [4.78, 5) is 50.5. The normalized spacial score (nSPS) is 16.2. The molecule has 0 radical (unpaired) electrons. The van der Waals surface area contributed by atoms with E-state index in [1.165, 1.54) is 22.2 Å². The molecule has 0 aliphatic carbocycles. The Kier molecular flexibility index (Phi) is 9.48. The molecule has 0 saturated carbocycles. The van der Waals surface area contributed by atoms with Crippen molar-refractivity contribution in [3.8, 4) is 0 Å². The molecule has 0 spiro atoms. The first-order valence-electron chi connectivity index (χ1n) is 14.4. The van der Waals surface area contributed by atoms with Crippen molar-refractivity contribution in [2.75, 3.05) is 11.9 Å². The summed E-state index contributed by atoms with van der Waals surface area (Å²) >= 11 is 1.26. The molecule has 2 atom stereocenters. The van der Waals surface area contributed by atoms with Crippen LogP contribution in [0.2, 0.25) is 0 Å². The number of fused-ring (bicyclic) bond motifs is 3. The molecule has 3 amide bonds. The summed E-state index contributed by atoms with van der Waals surface area (Å²) in [5, 5.41) is 5.90. The minimum absolute atomic E-state index is 0.109. The van der Waals surface area contributed by atoms with Crippen LogP contribution in [0.25, 0.3) is 0 Å². The maximum atomic E-state index is 13.6. The molecular weight excluding hydrogens is 546 g/mol. The predicted molar refractivity (Wildman–Crippen MR) is 169 cm³/mol. The number of nitrogens with zero attached hydrogens (tertiary/aromatic N) is 3. The van der Waals surface area contributed by atoms with Crippen LogP contribution in [0.15, 0.2) is 88.8 Å². The third kappa shape index (κ3) is 6.79. The van der Waals surface area contributed by atoms with Gasteiger partial charge < -0.3 is 10.6 Å². The third-order valence-corrected chi connectivity index (χ3v) is 8.63. The minimum atomic E-state index is -0.692. The largest absolute Gasteiger partial charge is 0.356 e. The molecular formula is C33H35N5O3S. The number of carbonyl (C=O) groups is 3. The number of carbonyl (C=O) groups excluding carboxylic acids is 3. The first-order chi connectivity index (χ1) is 20.5. The standard InChI is InChI=1S/C33H35N5O3S/c1-3-22-14-16-24(17-15-22)35-31(40)28(4-2)42-33-37-26-13-9-8-12-25(26)30-36-27(32(41)38(30)33)18-19-29(39)34-21-20-23-10-6-5-7-11-23/h5-17,27-28H,3-4,18-21H2,1-2H3,(H,34,39)(H,35,40). The van der Waals surface area contributed by atoms with Crippen LogP contribution in [0, 0.1) is 0 Å². The molecule has 8 nitrogen and oxygen atoms in total. The molecule has 2 aliphatic heterocycles. The molecule has 3 aromatic carbocycles. The minimum Gasteiger partial charge on any atom is -0.356 e. The lowest BCUT2D eigenvalue weighted by molar-refractivity contribution is -0.125. The van der Waals surface area contributed by atoms with Gasteiger partial charge in [-0.15, -0.1) is 0 Å². The predicted octanol–water partition coefficient (Wildman–Crippen LogP) is 5.50. The number of thioether (sulfide) groups is 1. The van der Waals surface area contributed by atoms with Crippen molar-refractivity contribution in [2.24, 2.45) is 9.98 Å². The molecule has 2 N–H and O–H groups in total. The highest BCUT2D eigenvalue weighted by Gasteiger charge is 2.42. The Morgan fingerprint density at radius 3 is 2.43 bits per heavy atom. The average molecular weight is 582 g/mol. The van der Waals surface area contributed by atoms with Crippen LogP contribution in [0.3, 0.4) is 0 Å². The Morgan fingerprint density at radius 1 is 0.952 bits per heavy atom. The van der Waals surface area contributed by atoms with Crippen LogP contribution in [0.5, 0.6) is 0 Å². The summed E-state index contributed by atoms with van der Waals surface area (Å²) in [7, 11) is 0. The monoisotopic (exact) mass is 581 g/mol. The number of rotatable bonds is 11. The van der Waals surface area contributed by atoms with E-state index in [0.29, 0.717) is 36.1 Å². The first kappa shape index (κ1) is 29.3. The van der Waals surface area contributed by atoms with E-state index in [2.05, 4.69) is 17.6 Å². The summed E-state index contributed by atoms with van der Waals surface area (Å²) in [5.74, 6) is 0.0329. The third-order valence-electron chi connectivity index (χ3n) is 7.31. The van der Waals surface area contributed by atoms with E-state index in [1.54, 1.807) is 0 Å². The van der Waals surface area contributed by atoms with Gasteiger partial charge in [0, 0.05) is 24.2 Å². The summed E-state index contributed by atoms with van der Waals surface area (Å²) in [6, 6.07) is 24.6. The van der Waals surface area contributed by atoms with Crippen molar-refractivity contribution < 1.29 is 14.4 Å². The number of amidine groups is 2. The number of nitrogens with one attached hydrogen (secondary N) is 2. The topological polar surface area (TPSA) is 103 Å². The molecule has 5 rings (SSSR count). The number of para-hydroxylation sites is 1. The van der Waals surface area contributed by atoms with E-state index in [1.807, 2.05) is 85.8 Å². The maximum Gasteiger partial charge on any atom is 0.259 e. The van der Waals surface area contributed by atoms with Gasteiger partial charge >= 0.3 is 0 Å². The second-order valence-electron chi connectivity index (χ2n) is 10.2. The molecule has 0 fully saturated rings. The summed E-state index contributed by atoms with van der Waals surface area (Å²) < 4.78 is 0. The molecule has 0 bridgehead atoms. The Hall–Kier alpha value is -4.24. The lowest BCUT2D eigenvalue weighted by Crippen LogP contribution is -2.42. The van der Waals surface area contributed by atoms with Crippen LogP contribution < -0.4 is 10.6 Å². The first-order valence-corrected chi connectivity index (χ1v) is 15.3. The van der Waals surface area contributed by atoms with Gasteiger partial charge in [-0.1, -0.05) is 80.2 Å². The van der Waals surface area contributed by atoms with Crippen molar-refractivity contribution in [1.29, 1.82) is 0 Å². The Bertz CT molecular complexity index is 1500. The van der Waals surface area contributed by atoms with Crippen molar-refractivity contribution >= 4 is 51.9 Å². The fourth-order valence-corrected chi connectivity index (χ4v) is 5.93. The quantitative estimate of drug-likeness (QED) is 0.312. The van der Waals surface area contributed by atoms with Crippen LogP contribution in [-0.4, -0.2) is 51.5 Å². The zero-order chi connectivity index (χ0) is 29.5. The SMILES string of the molecule is CCc1ccc(NC(=O)C(CC)SC2=Nc3ccccc3C3=NC(CCC(=O)NCCc4ccccc4)C(=O)N23)cc1. The van der Waals surface area contributed by atoms with Gasteiger partial charge in [-0.3, -0.25) is 19.4 Å². The van der Waals surface area contributed by atoms with Crippen molar-refractivity contribution in [3.05, 3.63) is 95.6 Å². The Balaban J connectivity index is 1.25. The van der Waals surface area contributed by atoms with Crippen LogP contribution in [-0.2, 0) is 27.2 Å². The number of benzene rings is 3. The maximum absolute atomic E-state index is 13.6. The Labute approximate surface area is 250 Å². The molecule has 3 aromatic rings.